The number of nitrogens with one attached hydrogen (secondary N) is 1. The van der Waals surface area contributed by atoms with Crippen molar-refractivity contribution in [2.45, 2.75) is 39.5 Å². The van der Waals surface area contributed by atoms with Crippen molar-refractivity contribution in [2.24, 2.45) is 23.0 Å². The topological polar surface area (TPSA) is 90.7 Å². The molecule has 1 aliphatic heterocycles. The molecule has 1 amide bonds. The lowest BCUT2D eigenvalue weighted by Gasteiger charge is -2.32. The average Bonchev–Trinajstić information content (AvgIpc) is 2.57. The highest BCUT2D eigenvalue weighted by atomic mass is 35.5. The van der Waals surface area contributed by atoms with E-state index < -0.39 is 5.41 Å². The maximum Gasteiger partial charge on any atom is 0.310 e. The van der Waals surface area contributed by atoms with Crippen molar-refractivity contribution in [3.63, 3.8) is 0 Å². The Balaban J connectivity index is 0.00000484. The van der Waals surface area contributed by atoms with E-state index in [0.29, 0.717) is 39.1 Å². The second-order valence-corrected chi connectivity index (χ2v) is 5.98. The molecule has 1 fully saturated rings. The molecule has 1 unspecified atom stereocenters. The van der Waals surface area contributed by atoms with Crippen LogP contribution in [0.4, 0.5) is 0 Å². The molecule has 3 N–H and O–H groups in total. The van der Waals surface area contributed by atoms with E-state index in [1.54, 1.807) is 0 Å². The number of methoxy groups -OCH3 is 1. The Morgan fingerprint density at radius 3 is 2.30 bits per heavy atom. The van der Waals surface area contributed by atoms with Gasteiger partial charge in [0.25, 0.3) is 0 Å². The normalized spacial score (nSPS) is 17.0. The molecule has 0 aromatic carbocycles. The SMILES string of the molecule is CCC(CC)(CN)C(=O)NCC(C(=O)OC)C1CCOCC1.Cl. The van der Waals surface area contributed by atoms with Crippen LogP contribution in [0.1, 0.15) is 39.5 Å². The summed E-state index contributed by atoms with van der Waals surface area (Å²) >= 11 is 0. The van der Waals surface area contributed by atoms with E-state index in [1.165, 1.54) is 7.11 Å². The van der Waals surface area contributed by atoms with Gasteiger partial charge in [-0.1, -0.05) is 13.8 Å². The van der Waals surface area contributed by atoms with Gasteiger partial charge in [0.1, 0.15) is 0 Å². The van der Waals surface area contributed by atoms with Crippen molar-refractivity contribution < 1.29 is 19.1 Å². The standard InChI is InChI=1S/C16H30N2O4.ClH/c1-4-16(5-2,11-17)15(20)18-10-13(14(19)21-3)12-6-8-22-9-7-12;/h12-13H,4-11,17H2,1-3H3,(H,18,20);1H. The maximum absolute atomic E-state index is 12.5. The molecule has 1 atom stereocenters. The van der Waals surface area contributed by atoms with Crippen molar-refractivity contribution in [3.05, 3.63) is 0 Å². The molecule has 0 aromatic rings. The summed E-state index contributed by atoms with van der Waals surface area (Å²) in [5.41, 5.74) is 5.25. The Bertz CT molecular complexity index is 361. The highest BCUT2D eigenvalue weighted by Crippen LogP contribution is 2.27. The van der Waals surface area contributed by atoms with Gasteiger partial charge in [-0.15, -0.1) is 12.4 Å². The summed E-state index contributed by atoms with van der Waals surface area (Å²) < 4.78 is 10.2. The van der Waals surface area contributed by atoms with E-state index in [4.69, 9.17) is 15.2 Å². The first-order chi connectivity index (χ1) is 10.5. The predicted molar refractivity (Wildman–Crippen MR) is 91.4 cm³/mol. The summed E-state index contributed by atoms with van der Waals surface area (Å²) in [6.45, 7) is 5.86. The fraction of sp³-hybridized carbons (Fsp3) is 0.875. The molecular formula is C16H31ClN2O4. The molecule has 0 aromatic heterocycles. The summed E-state index contributed by atoms with van der Waals surface area (Å²) in [4.78, 5) is 24.5. The van der Waals surface area contributed by atoms with E-state index in [-0.39, 0.29) is 36.1 Å². The zero-order chi connectivity index (χ0) is 16.6. The number of amides is 1. The van der Waals surface area contributed by atoms with Gasteiger partial charge >= 0.3 is 5.97 Å². The lowest BCUT2D eigenvalue weighted by molar-refractivity contribution is -0.148. The maximum atomic E-state index is 12.5. The number of nitrogens with two attached hydrogens (primary N) is 1. The predicted octanol–water partition coefficient (Wildman–Crippen LogP) is 1.51. The van der Waals surface area contributed by atoms with Crippen LogP contribution in [-0.4, -0.2) is 45.3 Å². The molecule has 7 heteroatoms. The zero-order valence-corrected chi connectivity index (χ0v) is 15.2. The van der Waals surface area contributed by atoms with Gasteiger partial charge in [-0.2, -0.15) is 0 Å². The van der Waals surface area contributed by atoms with Crippen molar-refractivity contribution >= 4 is 24.3 Å². The van der Waals surface area contributed by atoms with Crippen LogP contribution in [0.3, 0.4) is 0 Å². The summed E-state index contributed by atoms with van der Waals surface area (Å²) in [5, 5.41) is 2.93. The van der Waals surface area contributed by atoms with Crippen LogP contribution in [0.15, 0.2) is 0 Å². The second-order valence-electron chi connectivity index (χ2n) is 5.98. The fourth-order valence-electron chi connectivity index (χ4n) is 3.05. The highest BCUT2D eigenvalue weighted by molar-refractivity contribution is 5.85. The van der Waals surface area contributed by atoms with Crippen LogP contribution >= 0.6 is 12.4 Å². The molecular weight excluding hydrogens is 320 g/mol. The zero-order valence-electron chi connectivity index (χ0n) is 14.4. The first-order valence-corrected chi connectivity index (χ1v) is 8.18. The van der Waals surface area contributed by atoms with Crippen LogP contribution in [0, 0.1) is 17.3 Å². The minimum absolute atomic E-state index is 0. The Morgan fingerprint density at radius 1 is 1.30 bits per heavy atom. The molecule has 1 heterocycles. The smallest absolute Gasteiger partial charge is 0.310 e. The molecule has 0 spiro atoms. The minimum atomic E-state index is -0.545. The molecule has 0 bridgehead atoms. The molecule has 1 aliphatic rings. The van der Waals surface area contributed by atoms with Gasteiger partial charge in [-0.25, -0.2) is 0 Å². The van der Waals surface area contributed by atoms with E-state index in [2.05, 4.69) is 5.32 Å². The van der Waals surface area contributed by atoms with Gasteiger partial charge in [0.05, 0.1) is 18.4 Å². The Kier molecular flexibility index (Phi) is 10.4. The van der Waals surface area contributed by atoms with Crippen molar-refractivity contribution in [1.82, 2.24) is 5.32 Å². The van der Waals surface area contributed by atoms with Crippen molar-refractivity contribution in [3.8, 4) is 0 Å². The first-order valence-electron chi connectivity index (χ1n) is 8.18. The van der Waals surface area contributed by atoms with Crippen LogP contribution in [-0.2, 0) is 19.1 Å². The van der Waals surface area contributed by atoms with E-state index in [1.807, 2.05) is 13.8 Å². The largest absolute Gasteiger partial charge is 0.469 e. The Morgan fingerprint density at radius 2 is 1.87 bits per heavy atom. The number of esters is 1. The molecule has 1 rings (SSSR count). The molecule has 23 heavy (non-hydrogen) atoms. The number of rotatable bonds is 8. The second kappa shape index (κ2) is 10.8. The Hall–Kier alpha value is -0.850. The van der Waals surface area contributed by atoms with Gasteiger partial charge in [0, 0.05) is 26.3 Å². The quantitative estimate of drug-likeness (QED) is 0.647. The molecule has 1 saturated heterocycles. The summed E-state index contributed by atoms with van der Waals surface area (Å²) in [6, 6.07) is 0. The van der Waals surface area contributed by atoms with Gasteiger partial charge < -0.3 is 20.5 Å². The molecule has 0 radical (unpaired) electrons. The fourth-order valence-corrected chi connectivity index (χ4v) is 3.05. The third-order valence-electron chi connectivity index (χ3n) is 5.05. The molecule has 0 aliphatic carbocycles. The summed E-state index contributed by atoms with van der Waals surface area (Å²) in [7, 11) is 1.39. The highest BCUT2D eigenvalue weighted by Gasteiger charge is 2.36. The van der Waals surface area contributed by atoms with Crippen LogP contribution < -0.4 is 11.1 Å². The van der Waals surface area contributed by atoms with Crippen LogP contribution in [0.25, 0.3) is 0 Å². The molecule has 6 nitrogen and oxygen atoms in total. The summed E-state index contributed by atoms with van der Waals surface area (Å²) in [6.07, 6.45) is 3.01. The third-order valence-corrected chi connectivity index (χ3v) is 5.05. The van der Waals surface area contributed by atoms with Gasteiger partial charge in [-0.05, 0) is 31.6 Å². The lowest BCUT2D eigenvalue weighted by Crippen LogP contribution is -2.48. The number of carbonyl (C=O) groups excluding carboxylic acids is 2. The van der Waals surface area contributed by atoms with Crippen molar-refractivity contribution in [2.75, 3.05) is 33.4 Å². The molecule has 0 saturated carbocycles. The average molecular weight is 351 g/mol. The van der Waals surface area contributed by atoms with Crippen LogP contribution in [0.2, 0.25) is 0 Å². The first kappa shape index (κ1) is 22.1. The van der Waals surface area contributed by atoms with Crippen molar-refractivity contribution in [1.29, 1.82) is 0 Å². The minimum Gasteiger partial charge on any atom is -0.469 e. The van der Waals surface area contributed by atoms with Gasteiger partial charge in [-0.3, -0.25) is 9.59 Å². The number of ether oxygens (including phenoxy) is 2. The Labute approximate surface area is 145 Å². The number of hydrogen-bond donors (Lipinski definition) is 2. The van der Waals surface area contributed by atoms with Gasteiger partial charge in [0.15, 0.2) is 0 Å². The monoisotopic (exact) mass is 350 g/mol. The van der Waals surface area contributed by atoms with Gasteiger partial charge in [0.2, 0.25) is 5.91 Å². The van der Waals surface area contributed by atoms with Crippen LogP contribution in [0.5, 0.6) is 0 Å². The van der Waals surface area contributed by atoms with E-state index >= 15 is 0 Å². The van der Waals surface area contributed by atoms with E-state index in [0.717, 1.165) is 12.8 Å². The lowest BCUT2D eigenvalue weighted by atomic mass is 9.81. The number of hydrogen-bond acceptors (Lipinski definition) is 5. The third kappa shape index (κ3) is 5.62. The van der Waals surface area contributed by atoms with E-state index in [9.17, 15) is 9.59 Å². The number of halogens is 1. The molecule has 136 valence electrons. The summed E-state index contributed by atoms with van der Waals surface area (Å²) in [5.74, 6) is -0.460. The number of carbonyl (C=O) groups is 2.